The van der Waals surface area contributed by atoms with E-state index in [0.29, 0.717) is 11.5 Å². The Kier molecular flexibility index (Phi) is 12.1. The van der Waals surface area contributed by atoms with Crippen LogP contribution in [0.15, 0.2) is 146 Å². The van der Waals surface area contributed by atoms with Gasteiger partial charge in [-0.15, -0.1) is 0 Å². The lowest BCUT2D eigenvalue weighted by atomic mass is 9.67. The lowest BCUT2D eigenvalue weighted by molar-refractivity contribution is -0.149. The summed E-state index contributed by atoms with van der Waals surface area (Å²) in [5.41, 5.74) is 9.85. The van der Waals surface area contributed by atoms with Gasteiger partial charge in [0.05, 0.1) is 15.9 Å². The Morgan fingerprint density at radius 3 is 1.25 bits per heavy atom. The van der Waals surface area contributed by atoms with E-state index in [4.69, 9.17) is 18.9 Å². The molecule has 0 radical (unpaired) electrons. The first-order valence-corrected chi connectivity index (χ1v) is 20.2. The average Bonchev–Trinajstić information content (AvgIpc) is 3.53. The summed E-state index contributed by atoms with van der Waals surface area (Å²) in [5, 5.41) is -1.06. The molecule has 290 valence electrons. The van der Waals surface area contributed by atoms with Crippen molar-refractivity contribution >= 4 is 37.2 Å². The van der Waals surface area contributed by atoms with Crippen LogP contribution in [0.25, 0.3) is 33.4 Å². The third-order valence-corrected chi connectivity index (χ3v) is 10.6. The molecule has 57 heavy (non-hydrogen) atoms. The van der Waals surface area contributed by atoms with Gasteiger partial charge in [-0.2, -0.15) is 25.3 Å². The van der Waals surface area contributed by atoms with Gasteiger partial charge >= 0.3 is 11.9 Å². The van der Waals surface area contributed by atoms with Gasteiger partial charge in [0.25, 0.3) is 0 Å². The minimum Gasteiger partial charge on any atom is -0.489 e. The predicted molar refractivity (Wildman–Crippen MR) is 234 cm³/mol. The second kappa shape index (κ2) is 17.4. The third kappa shape index (κ3) is 8.20. The number of hydrogen-bond donors (Lipinski definition) is 2. The number of thiol groups is 2. The van der Waals surface area contributed by atoms with Gasteiger partial charge in [-0.05, 0) is 96.5 Å². The average molecular weight is 795 g/mol. The molecule has 0 heterocycles. The number of ether oxygens (including phenoxy) is 4. The number of rotatable bonds is 14. The molecule has 0 amide bonds. The molecule has 6 aromatic carbocycles. The fraction of sp³-hybridized carbons (Fsp3) is 0.224. The number of esters is 2. The molecule has 4 atom stereocenters. The Balaban J connectivity index is 1.40. The molecule has 1 aliphatic rings. The zero-order valence-electron chi connectivity index (χ0n) is 32.4. The molecular weight excluding hydrogens is 749 g/mol. The van der Waals surface area contributed by atoms with Crippen molar-refractivity contribution in [3.05, 3.63) is 168 Å². The van der Waals surface area contributed by atoms with Crippen molar-refractivity contribution in [1.29, 1.82) is 0 Å². The van der Waals surface area contributed by atoms with Crippen molar-refractivity contribution in [3.8, 4) is 44.9 Å². The molecule has 8 heteroatoms. The third-order valence-electron chi connectivity index (χ3n) is 10.2. The van der Waals surface area contributed by atoms with Crippen molar-refractivity contribution in [1.82, 2.24) is 0 Å². The standard InChI is InChI=1S/C49H46O6S2/c1-31(54-47(50)33(3)56)29-52-45-25-23-37(27-41(45)35-15-7-5-8-16-35)49(43-21-13-11-19-39(43)40-20-12-14-22-44(40)49)38-24-26-46(42(28-38)36-17-9-6-10-18-36)53-30-32(2)55-48(51)34(4)57/h5-28,31-34,56-57H,29-30H2,1-4H3. The lowest BCUT2D eigenvalue weighted by Gasteiger charge is -2.35. The van der Waals surface area contributed by atoms with Crippen LogP contribution >= 0.6 is 25.3 Å². The molecule has 6 aromatic rings. The SMILES string of the molecule is CC(COc1ccc(C2(c3ccc(OCC(C)OC(=O)C(C)S)c(-c4ccccc4)c3)c3ccccc3-c3ccccc32)cc1-c1ccccc1)OC(=O)C(C)S. The molecule has 0 saturated carbocycles. The van der Waals surface area contributed by atoms with Gasteiger partial charge in [-0.1, -0.05) is 121 Å². The molecule has 6 nitrogen and oxygen atoms in total. The Morgan fingerprint density at radius 2 is 0.860 bits per heavy atom. The van der Waals surface area contributed by atoms with Crippen molar-refractivity contribution in [3.63, 3.8) is 0 Å². The number of hydrogen-bond acceptors (Lipinski definition) is 8. The highest BCUT2D eigenvalue weighted by Gasteiger charge is 2.46. The number of benzene rings is 6. The van der Waals surface area contributed by atoms with Crippen LogP contribution in [0.3, 0.4) is 0 Å². The van der Waals surface area contributed by atoms with E-state index in [1.807, 2.05) is 62.4 Å². The van der Waals surface area contributed by atoms with E-state index in [2.05, 4.69) is 122 Å². The van der Waals surface area contributed by atoms with Crippen LogP contribution in [0.1, 0.15) is 49.9 Å². The molecule has 0 spiro atoms. The molecule has 7 rings (SSSR count). The van der Waals surface area contributed by atoms with Crippen LogP contribution in [-0.2, 0) is 24.5 Å². The van der Waals surface area contributed by atoms with E-state index in [0.717, 1.165) is 44.5 Å². The maximum Gasteiger partial charge on any atom is 0.318 e. The second-order valence-corrected chi connectivity index (χ2v) is 16.0. The highest BCUT2D eigenvalue weighted by Crippen LogP contribution is 2.57. The summed E-state index contributed by atoms with van der Waals surface area (Å²) in [6, 6.07) is 50.5. The highest BCUT2D eigenvalue weighted by molar-refractivity contribution is 7.82. The normalized spacial score (nSPS) is 14.6. The van der Waals surface area contributed by atoms with Gasteiger partial charge < -0.3 is 18.9 Å². The van der Waals surface area contributed by atoms with Crippen LogP contribution in [-0.4, -0.2) is 47.9 Å². The minimum atomic E-state index is -0.742. The Morgan fingerprint density at radius 1 is 0.491 bits per heavy atom. The van der Waals surface area contributed by atoms with Crippen LogP contribution in [0.5, 0.6) is 11.5 Å². The summed E-state index contributed by atoms with van der Waals surface area (Å²) < 4.78 is 24.1. The van der Waals surface area contributed by atoms with Crippen LogP contribution in [0.2, 0.25) is 0 Å². The molecule has 0 bridgehead atoms. The lowest BCUT2D eigenvalue weighted by Crippen LogP contribution is -2.29. The first-order valence-electron chi connectivity index (χ1n) is 19.2. The van der Waals surface area contributed by atoms with Crippen molar-refractivity contribution < 1.29 is 28.5 Å². The molecule has 4 unspecified atom stereocenters. The summed E-state index contributed by atoms with van der Waals surface area (Å²) >= 11 is 8.46. The van der Waals surface area contributed by atoms with Gasteiger partial charge in [-0.25, -0.2) is 0 Å². The largest absolute Gasteiger partial charge is 0.489 e. The molecular formula is C49H46O6S2. The van der Waals surface area contributed by atoms with Crippen LogP contribution < -0.4 is 9.47 Å². The number of carbonyl (C=O) groups excluding carboxylic acids is 2. The van der Waals surface area contributed by atoms with E-state index in [1.165, 1.54) is 11.1 Å². The van der Waals surface area contributed by atoms with Crippen molar-refractivity contribution in [2.45, 2.75) is 55.8 Å². The van der Waals surface area contributed by atoms with Crippen LogP contribution in [0, 0.1) is 0 Å². The maximum atomic E-state index is 12.3. The van der Waals surface area contributed by atoms with E-state index in [9.17, 15) is 9.59 Å². The number of carbonyl (C=O) groups is 2. The molecule has 1 aliphatic carbocycles. The summed E-state index contributed by atoms with van der Waals surface area (Å²) in [6.45, 7) is 7.37. The smallest absolute Gasteiger partial charge is 0.318 e. The highest BCUT2D eigenvalue weighted by atomic mass is 32.1. The van der Waals surface area contributed by atoms with Crippen molar-refractivity contribution in [2.75, 3.05) is 13.2 Å². The Bertz CT molecular complexity index is 2190. The van der Waals surface area contributed by atoms with E-state index in [-0.39, 0.29) is 25.2 Å². The fourth-order valence-electron chi connectivity index (χ4n) is 7.56. The van der Waals surface area contributed by atoms with Gasteiger partial charge in [0.15, 0.2) is 0 Å². The number of fused-ring (bicyclic) bond motifs is 3. The first-order chi connectivity index (χ1) is 27.6. The molecule has 0 N–H and O–H groups in total. The summed E-state index contributed by atoms with van der Waals surface area (Å²) in [6.07, 6.45) is -0.955. The molecule has 0 aromatic heterocycles. The Labute approximate surface area is 346 Å². The monoisotopic (exact) mass is 794 g/mol. The Hall–Kier alpha value is -5.44. The van der Waals surface area contributed by atoms with E-state index < -0.39 is 28.1 Å². The minimum absolute atomic E-state index is 0.176. The van der Waals surface area contributed by atoms with Gasteiger partial charge in [0.2, 0.25) is 0 Å². The summed E-state index contributed by atoms with van der Waals surface area (Å²) in [5.74, 6) is 0.580. The van der Waals surface area contributed by atoms with Crippen LogP contribution in [0.4, 0.5) is 0 Å². The topological polar surface area (TPSA) is 71.1 Å². The zero-order chi connectivity index (χ0) is 40.1. The van der Waals surface area contributed by atoms with Gasteiger partial charge in [0, 0.05) is 11.1 Å². The first kappa shape index (κ1) is 39.8. The zero-order valence-corrected chi connectivity index (χ0v) is 34.2. The quantitative estimate of drug-likeness (QED) is 0.0844. The maximum absolute atomic E-state index is 12.3. The van der Waals surface area contributed by atoms with Crippen molar-refractivity contribution in [2.24, 2.45) is 0 Å². The molecule has 0 saturated heterocycles. The molecule has 0 aliphatic heterocycles. The molecule has 0 fully saturated rings. The second-order valence-electron chi connectivity index (χ2n) is 14.5. The van der Waals surface area contributed by atoms with Gasteiger partial charge in [-0.3, -0.25) is 9.59 Å². The fourth-order valence-corrected chi connectivity index (χ4v) is 7.69. The predicted octanol–water partition coefficient (Wildman–Crippen LogP) is 10.6. The summed E-state index contributed by atoms with van der Waals surface area (Å²) in [4.78, 5) is 24.6. The van der Waals surface area contributed by atoms with E-state index >= 15 is 0 Å². The van der Waals surface area contributed by atoms with E-state index in [1.54, 1.807) is 13.8 Å². The summed E-state index contributed by atoms with van der Waals surface area (Å²) in [7, 11) is 0. The van der Waals surface area contributed by atoms with Gasteiger partial charge in [0.1, 0.15) is 36.9 Å².